The Kier molecular flexibility index (Phi) is 10.4. The zero-order chi connectivity index (χ0) is 31.1. The number of rotatable bonds is 10. The van der Waals surface area contributed by atoms with Gasteiger partial charge in [0.05, 0.1) is 20.9 Å². The van der Waals surface area contributed by atoms with E-state index in [1.807, 2.05) is 73.0 Å². The molecule has 0 atom stereocenters. The molecular formula is C32H24Br2ClN5O3S. The predicted molar refractivity (Wildman–Crippen MR) is 184 cm³/mol. The first-order valence-electron chi connectivity index (χ1n) is 13.1. The van der Waals surface area contributed by atoms with E-state index in [9.17, 15) is 9.59 Å². The number of amides is 2. The van der Waals surface area contributed by atoms with E-state index < -0.39 is 0 Å². The average Bonchev–Trinajstić information content (AvgIpc) is 3.47. The molecule has 0 saturated carbocycles. The Hall–Kier alpha value is -4.03. The first-order chi connectivity index (χ1) is 21.2. The van der Waals surface area contributed by atoms with Crippen LogP contribution >= 0.6 is 54.8 Å². The lowest BCUT2D eigenvalue weighted by molar-refractivity contribution is -0.118. The van der Waals surface area contributed by atoms with Crippen LogP contribution in [0.5, 0.6) is 5.75 Å². The molecule has 0 saturated heterocycles. The molecule has 44 heavy (non-hydrogen) atoms. The minimum Gasteiger partial charge on any atom is -0.481 e. The molecule has 8 nitrogen and oxygen atoms in total. The normalized spacial score (nSPS) is 10.9. The Morgan fingerprint density at radius 2 is 1.70 bits per heavy atom. The minimum atomic E-state index is -0.353. The van der Waals surface area contributed by atoms with Gasteiger partial charge in [-0.3, -0.25) is 9.59 Å². The molecule has 5 rings (SSSR count). The number of carbonyl (C=O) groups excluding carboxylic acids is 2. The van der Waals surface area contributed by atoms with Crippen LogP contribution in [0.15, 0.2) is 104 Å². The maximum Gasteiger partial charge on any atom is 0.271 e. The number of nitrogens with one attached hydrogen (secondary N) is 3. The van der Waals surface area contributed by atoms with Gasteiger partial charge in [-0.15, -0.1) is 11.3 Å². The Balaban J connectivity index is 1.14. The fraction of sp³-hybridized carbons (Fsp3) is 0.0625. The molecule has 0 bridgehead atoms. The number of nitrogens with zero attached hydrogens (tertiary/aromatic N) is 2. The lowest BCUT2D eigenvalue weighted by Gasteiger charge is -2.12. The van der Waals surface area contributed by atoms with E-state index in [0.29, 0.717) is 30.8 Å². The molecule has 0 fully saturated rings. The van der Waals surface area contributed by atoms with E-state index in [-0.39, 0.29) is 18.4 Å². The smallest absolute Gasteiger partial charge is 0.271 e. The second-order valence-corrected chi connectivity index (χ2v) is 12.4. The topological polar surface area (TPSA) is 105 Å². The van der Waals surface area contributed by atoms with Crippen LogP contribution < -0.4 is 20.8 Å². The molecule has 1 heterocycles. The van der Waals surface area contributed by atoms with Crippen molar-refractivity contribution >= 4 is 89.3 Å². The first kappa shape index (κ1) is 31.4. The van der Waals surface area contributed by atoms with Crippen LogP contribution in [0.4, 0.5) is 16.5 Å². The highest BCUT2D eigenvalue weighted by Gasteiger charge is 2.13. The lowest BCUT2D eigenvalue weighted by Crippen LogP contribution is -2.21. The van der Waals surface area contributed by atoms with E-state index >= 15 is 0 Å². The Labute approximate surface area is 279 Å². The van der Waals surface area contributed by atoms with Crippen LogP contribution in [0.2, 0.25) is 5.02 Å². The maximum atomic E-state index is 12.7. The summed E-state index contributed by atoms with van der Waals surface area (Å²) in [5.41, 5.74) is 7.97. The van der Waals surface area contributed by atoms with Crippen molar-refractivity contribution in [3.05, 3.63) is 121 Å². The number of aryl methyl sites for hydroxylation is 1. The quantitative estimate of drug-likeness (QED) is 0.0977. The van der Waals surface area contributed by atoms with Gasteiger partial charge in [0.2, 0.25) is 0 Å². The van der Waals surface area contributed by atoms with Crippen LogP contribution in [0.1, 0.15) is 21.5 Å². The van der Waals surface area contributed by atoms with Gasteiger partial charge in [0.15, 0.2) is 11.7 Å². The molecule has 0 aliphatic rings. The molecule has 4 aromatic carbocycles. The number of thiazole rings is 1. The Morgan fingerprint density at radius 3 is 2.41 bits per heavy atom. The van der Waals surface area contributed by atoms with Crippen LogP contribution in [0, 0.1) is 6.92 Å². The summed E-state index contributed by atoms with van der Waals surface area (Å²) in [4.78, 5) is 29.7. The summed E-state index contributed by atoms with van der Waals surface area (Å²) in [5.74, 6) is -0.157. The van der Waals surface area contributed by atoms with Crippen molar-refractivity contribution in [3.8, 4) is 17.0 Å². The second-order valence-electron chi connectivity index (χ2n) is 9.41. The molecule has 0 aliphatic heterocycles. The predicted octanol–water partition coefficient (Wildman–Crippen LogP) is 8.82. The van der Waals surface area contributed by atoms with Gasteiger partial charge in [-0.2, -0.15) is 5.10 Å². The molecule has 5 aromatic rings. The summed E-state index contributed by atoms with van der Waals surface area (Å²) in [7, 11) is 0. The minimum absolute atomic E-state index is 0.169. The standard InChI is InChI=1S/C32H24Br2ClN5O3S/c1-19-4-2-3-5-27(19)38-29(41)17-43-30-25(33)14-20(15-26(30)34)16-36-40-31(42)22-8-6-21(7-9-22)28-18-44-32(39-28)37-24-12-10-23(35)11-13-24/h2-16,18H,17H2,1H3,(H,37,39)(H,38,41)(H,40,42)/b36-16-. The number of anilines is 3. The number of carbonyl (C=O) groups is 2. The number of hydrazone groups is 1. The van der Waals surface area contributed by atoms with Crippen molar-refractivity contribution in [2.75, 3.05) is 17.2 Å². The average molecular weight is 754 g/mol. The van der Waals surface area contributed by atoms with Crippen LogP contribution in [-0.2, 0) is 4.79 Å². The second kappa shape index (κ2) is 14.6. The summed E-state index contributed by atoms with van der Waals surface area (Å²) in [6, 6.07) is 25.6. The van der Waals surface area contributed by atoms with Crippen LogP contribution in [0.25, 0.3) is 11.3 Å². The van der Waals surface area contributed by atoms with Gasteiger partial charge < -0.3 is 15.4 Å². The van der Waals surface area contributed by atoms with Gasteiger partial charge >= 0.3 is 0 Å². The number of hydrogen-bond acceptors (Lipinski definition) is 7. The Bertz CT molecular complexity index is 1810. The van der Waals surface area contributed by atoms with Crippen molar-refractivity contribution in [3.63, 3.8) is 0 Å². The zero-order valence-electron chi connectivity index (χ0n) is 23.1. The summed E-state index contributed by atoms with van der Waals surface area (Å²) < 4.78 is 6.97. The third-order valence-electron chi connectivity index (χ3n) is 6.21. The van der Waals surface area contributed by atoms with Crippen molar-refractivity contribution in [2.45, 2.75) is 6.92 Å². The zero-order valence-corrected chi connectivity index (χ0v) is 27.9. The molecule has 12 heteroatoms. The van der Waals surface area contributed by atoms with Gasteiger partial charge in [0.1, 0.15) is 5.75 Å². The van der Waals surface area contributed by atoms with E-state index in [1.165, 1.54) is 17.6 Å². The third-order valence-corrected chi connectivity index (χ3v) is 8.40. The van der Waals surface area contributed by atoms with E-state index in [4.69, 9.17) is 16.3 Å². The van der Waals surface area contributed by atoms with E-state index in [0.717, 1.165) is 33.3 Å². The molecule has 1 aromatic heterocycles. The highest BCUT2D eigenvalue weighted by Crippen LogP contribution is 2.34. The van der Waals surface area contributed by atoms with Gasteiger partial charge in [0, 0.05) is 32.9 Å². The van der Waals surface area contributed by atoms with Crippen molar-refractivity contribution in [1.82, 2.24) is 10.4 Å². The van der Waals surface area contributed by atoms with E-state index in [1.54, 1.807) is 24.3 Å². The largest absolute Gasteiger partial charge is 0.481 e. The summed E-state index contributed by atoms with van der Waals surface area (Å²) in [6.07, 6.45) is 1.51. The van der Waals surface area contributed by atoms with Crippen molar-refractivity contribution in [2.24, 2.45) is 5.10 Å². The highest BCUT2D eigenvalue weighted by atomic mass is 79.9. The van der Waals surface area contributed by atoms with Gasteiger partial charge in [-0.05, 0) is 105 Å². The maximum absolute atomic E-state index is 12.7. The van der Waals surface area contributed by atoms with Crippen molar-refractivity contribution < 1.29 is 14.3 Å². The monoisotopic (exact) mass is 751 g/mol. The Morgan fingerprint density at radius 1 is 1.00 bits per heavy atom. The van der Waals surface area contributed by atoms with E-state index in [2.05, 4.69) is 58.0 Å². The lowest BCUT2D eigenvalue weighted by atomic mass is 10.1. The highest BCUT2D eigenvalue weighted by molar-refractivity contribution is 9.11. The van der Waals surface area contributed by atoms with Crippen LogP contribution in [-0.4, -0.2) is 29.6 Å². The van der Waals surface area contributed by atoms with Gasteiger partial charge in [-0.1, -0.05) is 41.9 Å². The number of benzene rings is 4. The van der Waals surface area contributed by atoms with Gasteiger partial charge in [-0.25, -0.2) is 10.4 Å². The fourth-order valence-corrected chi connectivity index (χ4v) is 6.29. The van der Waals surface area contributed by atoms with Gasteiger partial charge in [0.25, 0.3) is 11.8 Å². The SMILES string of the molecule is Cc1ccccc1NC(=O)COc1c(Br)cc(/C=N\NC(=O)c2ccc(-c3csc(Nc4ccc(Cl)cc4)n3)cc2)cc1Br. The molecule has 2 amide bonds. The third kappa shape index (κ3) is 8.32. The summed E-state index contributed by atoms with van der Waals surface area (Å²) in [5, 5.41) is 13.6. The number of ether oxygens (including phenoxy) is 1. The number of aromatic nitrogens is 1. The molecular weight excluding hydrogens is 730 g/mol. The number of para-hydroxylation sites is 1. The first-order valence-corrected chi connectivity index (χ1v) is 16.0. The fourth-order valence-electron chi connectivity index (χ4n) is 3.97. The molecule has 0 aliphatic carbocycles. The summed E-state index contributed by atoms with van der Waals surface area (Å²) in [6.45, 7) is 1.75. The van der Waals surface area contributed by atoms with Crippen molar-refractivity contribution in [1.29, 1.82) is 0 Å². The molecule has 3 N–H and O–H groups in total. The number of hydrogen-bond donors (Lipinski definition) is 3. The molecule has 222 valence electrons. The molecule has 0 unspecified atom stereocenters. The molecule has 0 spiro atoms. The summed E-state index contributed by atoms with van der Waals surface area (Å²) >= 11 is 14.4. The number of halogens is 3. The van der Waals surface area contributed by atoms with Crippen LogP contribution in [0.3, 0.4) is 0 Å². The molecule has 0 radical (unpaired) electrons.